The average molecular weight is 435 g/mol. The Kier molecular flexibility index (Phi) is 7.66. The Morgan fingerprint density at radius 1 is 0.968 bits per heavy atom. The van der Waals surface area contributed by atoms with Crippen molar-refractivity contribution >= 4 is 22.6 Å². The molecule has 3 aromatic rings. The molecule has 1 aliphatic carbocycles. The van der Waals surface area contributed by atoms with Crippen LogP contribution in [0.15, 0.2) is 60.7 Å². The van der Waals surface area contributed by atoms with Gasteiger partial charge in [0.15, 0.2) is 0 Å². The highest BCUT2D eigenvalue weighted by Gasteiger charge is 2.18. The van der Waals surface area contributed by atoms with Gasteiger partial charge in [-0.25, -0.2) is 4.98 Å². The van der Waals surface area contributed by atoms with Crippen LogP contribution in [0.4, 0.5) is 5.13 Å². The summed E-state index contributed by atoms with van der Waals surface area (Å²) in [5.74, 6) is 0.968. The maximum atomic E-state index is 12.6. The Balaban J connectivity index is 1.41. The minimum absolute atomic E-state index is 0.138. The number of carbonyl (C=O) groups excluding carboxylic acids is 1. The zero-order valence-corrected chi connectivity index (χ0v) is 18.7. The van der Waals surface area contributed by atoms with Crippen molar-refractivity contribution in [3.63, 3.8) is 0 Å². The fourth-order valence-electron chi connectivity index (χ4n) is 4.05. The zero-order valence-electron chi connectivity index (χ0n) is 17.9. The summed E-state index contributed by atoms with van der Waals surface area (Å²) in [6.45, 7) is 1.35. The molecule has 162 valence electrons. The summed E-state index contributed by atoms with van der Waals surface area (Å²) in [5, 5.41) is 4.10. The summed E-state index contributed by atoms with van der Waals surface area (Å²) in [7, 11) is 0. The standard InChI is InChI=1S/C25H30N4OS/c30-24(26-22-14-8-3-9-15-22)16-17-29(19-21-12-6-2-7-13-21)25-27-23(28-31-25)18-20-10-4-1-5-11-20/h1-2,4-7,10-13,22H,3,8-9,14-19H2,(H,26,30). The second-order valence-corrected chi connectivity index (χ2v) is 8.95. The first-order valence-electron chi connectivity index (χ1n) is 11.2. The topological polar surface area (TPSA) is 58.1 Å². The first kappa shape index (κ1) is 21.5. The van der Waals surface area contributed by atoms with E-state index in [9.17, 15) is 4.79 Å². The summed E-state index contributed by atoms with van der Waals surface area (Å²) >= 11 is 1.42. The number of carbonyl (C=O) groups is 1. The van der Waals surface area contributed by atoms with E-state index in [0.717, 1.165) is 36.8 Å². The van der Waals surface area contributed by atoms with Crippen LogP contribution in [0.25, 0.3) is 0 Å². The minimum Gasteiger partial charge on any atom is -0.353 e. The molecule has 0 saturated heterocycles. The molecular weight excluding hydrogens is 404 g/mol. The van der Waals surface area contributed by atoms with Crippen molar-refractivity contribution in [2.75, 3.05) is 11.4 Å². The molecule has 0 radical (unpaired) electrons. The molecule has 6 heteroatoms. The molecule has 1 fully saturated rings. The molecule has 31 heavy (non-hydrogen) atoms. The second-order valence-electron chi connectivity index (χ2n) is 8.22. The Hall–Kier alpha value is -2.73. The third-order valence-corrected chi connectivity index (χ3v) is 6.54. The smallest absolute Gasteiger partial charge is 0.221 e. The number of anilines is 1. The number of hydrogen-bond acceptors (Lipinski definition) is 5. The Bertz CT molecular complexity index is 938. The van der Waals surface area contributed by atoms with Gasteiger partial charge in [-0.3, -0.25) is 4.79 Å². The number of aromatic nitrogens is 2. The third kappa shape index (κ3) is 6.62. The van der Waals surface area contributed by atoms with Gasteiger partial charge in [-0.15, -0.1) is 0 Å². The monoisotopic (exact) mass is 434 g/mol. The number of hydrogen-bond donors (Lipinski definition) is 1. The maximum absolute atomic E-state index is 12.6. The van der Waals surface area contributed by atoms with Gasteiger partial charge < -0.3 is 10.2 Å². The second kappa shape index (κ2) is 11.0. The normalized spacial score (nSPS) is 14.3. The van der Waals surface area contributed by atoms with E-state index < -0.39 is 0 Å². The van der Waals surface area contributed by atoms with Crippen molar-refractivity contribution in [1.82, 2.24) is 14.7 Å². The Morgan fingerprint density at radius 2 is 1.65 bits per heavy atom. The van der Waals surface area contributed by atoms with Crippen molar-refractivity contribution < 1.29 is 4.79 Å². The van der Waals surface area contributed by atoms with Gasteiger partial charge in [0.05, 0.1) is 0 Å². The van der Waals surface area contributed by atoms with E-state index in [1.807, 2.05) is 36.4 Å². The van der Waals surface area contributed by atoms with E-state index in [-0.39, 0.29) is 5.91 Å². The van der Waals surface area contributed by atoms with Gasteiger partial charge in [0, 0.05) is 43.5 Å². The zero-order chi connectivity index (χ0) is 21.3. The van der Waals surface area contributed by atoms with Crippen LogP contribution in [0.5, 0.6) is 0 Å². The molecule has 1 aromatic heterocycles. The maximum Gasteiger partial charge on any atom is 0.221 e. The van der Waals surface area contributed by atoms with Crippen LogP contribution in [0, 0.1) is 0 Å². The van der Waals surface area contributed by atoms with E-state index in [1.54, 1.807) is 0 Å². The Labute approximate surface area is 188 Å². The van der Waals surface area contributed by atoms with Gasteiger partial charge >= 0.3 is 0 Å². The van der Waals surface area contributed by atoms with Crippen molar-refractivity contribution in [3.8, 4) is 0 Å². The molecule has 1 aliphatic rings. The van der Waals surface area contributed by atoms with E-state index >= 15 is 0 Å². The third-order valence-electron chi connectivity index (χ3n) is 5.73. The number of amides is 1. The predicted octanol–water partition coefficient (Wildman–Crippen LogP) is 4.97. The highest BCUT2D eigenvalue weighted by molar-refractivity contribution is 7.09. The summed E-state index contributed by atoms with van der Waals surface area (Å²) < 4.78 is 4.58. The molecular formula is C25H30N4OS. The fourth-order valence-corrected chi connectivity index (χ4v) is 4.76. The highest BCUT2D eigenvalue weighted by atomic mass is 32.1. The van der Waals surface area contributed by atoms with Crippen molar-refractivity contribution in [2.45, 2.75) is 57.5 Å². The van der Waals surface area contributed by atoms with Crippen LogP contribution in [0.1, 0.15) is 55.5 Å². The van der Waals surface area contributed by atoms with Crippen LogP contribution in [-0.4, -0.2) is 27.9 Å². The molecule has 1 heterocycles. The molecule has 0 unspecified atom stereocenters. The number of rotatable bonds is 9. The van der Waals surface area contributed by atoms with Crippen molar-refractivity contribution in [3.05, 3.63) is 77.6 Å². The van der Waals surface area contributed by atoms with Gasteiger partial charge in [-0.05, 0) is 24.0 Å². The van der Waals surface area contributed by atoms with Crippen LogP contribution in [0.3, 0.4) is 0 Å². The number of nitrogens with zero attached hydrogens (tertiary/aromatic N) is 3. The lowest BCUT2D eigenvalue weighted by atomic mass is 9.95. The molecule has 4 rings (SSSR count). The molecule has 5 nitrogen and oxygen atoms in total. The van der Waals surface area contributed by atoms with Crippen LogP contribution in [0.2, 0.25) is 0 Å². The fraction of sp³-hybridized carbons (Fsp3) is 0.400. The first-order valence-corrected chi connectivity index (χ1v) is 12.0. The van der Waals surface area contributed by atoms with E-state index in [4.69, 9.17) is 4.98 Å². The molecule has 1 saturated carbocycles. The molecule has 0 spiro atoms. The first-order chi connectivity index (χ1) is 15.3. The largest absolute Gasteiger partial charge is 0.353 e. The van der Waals surface area contributed by atoms with Crippen molar-refractivity contribution in [2.24, 2.45) is 0 Å². The Morgan fingerprint density at radius 3 is 2.35 bits per heavy atom. The van der Waals surface area contributed by atoms with E-state index in [1.165, 1.54) is 41.9 Å². The molecule has 1 amide bonds. The van der Waals surface area contributed by atoms with E-state index in [0.29, 0.717) is 19.0 Å². The van der Waals surface area contributed by atoms with Crippen LogP contribution >= 0.6 is 11.5 Å². The van der Waals surface area contributed by atoms with Gasteiger partial charge in [0.25, 0.3) is 0 Å². The van der Waals surface area contributed by atoms with Gasteiger partial charge in [-0.2, -0.15) is 4.37 Å². The average Bonchev–Trinajstić information content (AvgIpc) is 3.27. The predicted molar refractivity (Wildman–Crippen MR) is 126 cm³/mol. The molecule has 2 aromatic carbocycles. The van der Waals surface area contributed by atoms with Gasteiger partial charge in [-0.1, -0.05) is 79.9 Å². The molecule has 0 aliphatic heterocycles. The summed E-state index contributed by atoms with van der Waals surface area (Å²) in [6, 6.07) is 21.0. The quantitative estimate of drug-likeness (QED) is 0.516. The minimum atomic E-state index is 0.138. The van der Waals surface area contributed by atoms with Crippen LogP contribution in [-0.2, 0) is 17.8 Å². The van der Waals surface area contributed by atoms with Crippen LogP contribution < -0.4 is 10.2 Å². The molecule has 0 bridgehead atoms. The number of nitrogens with one attached hydrogen (secondary N) is 1. The molecule has 1 N–H and O–H groups in total. The lowest BCUT2D eigenvalue weighted by Crippen LogP contribution is -2.38. The lowest BCUT2D eigenvalue weighted by Gasteiger charge is -2.24. The van der Waals surface area contributed by atoms with Gasteiger partial charge in [0.1, 0.15) is 5.82 Å². The summed E-state index contributed by atoms with van der Waals surface area (Å²) in [4.78, 5) is 19.6. The summed E-state index contributed by atoms with van der Waals surface area (Å²) in [6.07, 6.45) is 7.15. The lowest BCUT2D eigenvalue weighted by molar-refractivity contribution is -0.121. The SMILES string of the molecule is O=C(CCN(Cc1ccccc1)c1nc(Cc2ccccc2)ns1)NC1CCCCC1. The van der Waals surface area contributed by atoms with Crippen molar-refractivity contribution in [1.29, 1.82) is 0 Å². The number of benzene rings is 2. The van der Waals surface area contributed by atoms with Gasteiger partial charge in [0.2, 0.25) is 11.0 Å². The van der Waals surface area contributed by atoms with E-state index in [2.05, 4.69) is 38.9 Å². The highest BCUT2D eigenvalue weighted by Crippen LogP contribution is 2.22. The molecule has 0 atom stereocenters. The summed E-state index contributed by atoms with van der Waals surface area (Å²) in [5.41, 5.74) is 2.41.